The monoisotopic (exact) mass is 415 g/mol. The Balaban J connectivity index is 1.61. The highest BCUT2D eigenvalue weighted by atomic mass is 19.4. The van der Waals surface area contributed by atoms with Crippen molar-refractivity contribution in [2.24, 2.45) is 5.92 Å². The normalized spacial score (nSPS) is 23.2. The molecule has 3 atom stereocenters. The highest BCUT2D eigenvalue weighted by molar-refractivity contribution is 5.61. The first-order valence-electron chi connectivity index (χ1n) is 8.78. The maximum atomic E-state index is 12.5. The third kappa shape index (κ3) is 4.28. The molecule has 2 aromatic carbocycles. The molecule has 3 unspecified atom stereocenters. The summed E-state index contributed by atoms with van der Waals surface area (Å²) < 4.78 is 82.6. The third-order valence-electron chi connectivity index (χ3n) is 5.04. The maximum Gasteiger partial charge on any atom is 0.573 e. The minimum Gasteiger partial charge on any atom is -0.406 e. The number of nitrogens with one attached hydrogen (secondary N) is 1. The van der Waals surface area contributed by atoms with Crippen LogP contribution in [0.5, 0.6) is 11.5 Å². The summed E-state index contributed by atoms with van der Waals surface area (Å²) in [6, 6.07) is 9.52. The van der Waals surface area contributed by atoms with E-state index < -0.39 is 12.7 Å². The Hall–Kier alpha value is -2.84. The van der Waals surface area contributed by atoms with Crippen LogP contribution in [0.25, 0.3) is 0 Å². The molecule has 1 aliphatic carbocycles. The van der Waals surface area contributed by atoms with Crippen LogP contribution in [0.1, 0.15) is 29.5 Å². The lowest BCUT2D eigenvalue weighted by Gasteiger charge is -2.37. The Kier molecular flexibility index (Phi) is 4.63. The van der Waals surface area contributed by atoms with Crippen LogP contribution in [0.3, 0.4) is 0 Å². The van der Waals surface area contributed by atoms with Crippen molar-refractivity contribution in [1.82, 2.24) is 0 Å². The summed E-state index contributed by atoms with van der Waals surface area (Å²) in [7, 11) is 0. The Labute approximate surface area is 161 Å². The fourth-order valence-electron chi connectivity index (χ4n) is 3.98. The Morgan fingerprint density at radius 3 is 2.10 bits per heavy atom. The number of fused-ring (bicyclic) bond motifs is 3. The summed E-state index contributed by atoms with van der Waals surface area (Å²) in [6.45, 7) is 0. The number of rotatable bonds is 3. The Bertz CT molecular complexity index is 920. The molecule has 0 amide bonds. The van der Waals surface area contributed by atoms with Gasteiger partial charge in [0.25, 0.3) is 0 Å². The molecule has 0 bridgehead atoms. The van der Waals surface area contributed by atoms with Gasteiger partial charge in [-0.2, -0.15) is 0 Å². The van der Waals surface area contributed by atoms with E-state index in [0.717, 1.165) is 5.56 Å². The molecule has 29 heavy (non-hydrogen) atoms. The van der Waals surface area contributed by atoms with Crippen LogP contribution < -0.4 is 14.8 Å². The standard InChI is InChI=1S/C20H15F6NO2/c21-19(22,23)28-12-6-4-11(5-7-12)18-15-3-1-2-14(15)16-10-13(29-20(24,25)26)8-9-17(16)27-18/h1-2,4-10,14-15,18,27H,3H2. The Morgan fingerprint density at radius 2 is 1.45 bits per heavy atom. The van der Waals surface area contributed by atoms with E-state index in [-0.39, 0.29) is 29.4 Å². The predicted molar refractivity (Wildman–Crippen MR) is 92.6 cm³/mol. The highest BCUT2D eigenvalue weighted by Crippen LogP contribution is 2.50. The average molecular weight is 415 g/mol. The first-order valence-corrected chi connectivity index (χ1v) is 8.78. The van der Waals surface area contributed by atoms with Crippen molar-refractivity contribution in [1.29, 1.82) is 0 Å². The summed E-state index contributed by atoms with van der Waals surface area (Å²) in [5.41, 5.74) is 2.12. The Morgan fingerprint density at radius 1 is 0.828 bits per heavy atom. The molecule has 9 heteroatoms. The fraction of sp³-hybridized carbons (Fsp3) is 0.300. The van der Waals surface area contributed by atoms with E-state index in [2.05, 4.69) is 14.8 Å². The van der Waals surface area contributed by atoms with Gasteiger partial charge in [0, 0.05) is 11.6 Å². The van der Waals surface area contributed by atoms with Crippen molar-refractivity contribution in [2.45, 2.75) is 31.1 Å². The summed E-state index contributed by atoms with van der Waals surface area (Å²) >= 11 is 0. The molecular weight excluding hydrogens is 400 g/mol. The molecule has 0 radical (unpaired) electrons. The molecule has 0 saturated carbocycles. The predicted octanol–water partition coefficient (Wildman–Crippen LogP) is 6.31. The highest BCUT2D eigenvalue weighted by Gasteiger charge is 2.39. The molecule has 154 valence electrons. The maximum absolute atomic E-state index is 12.5. The summed E-state index contributed by atoms with van der Waals surface area (Å²) in [5, 5.41) is 3.30. The van der Waals surface area contributed by atoms with Gasteiger partial charge in [-0.1, -0.05) is 24.3 Å². The van der Waals surface area contributed by atoms with E-state index in [4.69, 9.17) is 0 Å². The largest absolute Gasteiger partial charge is 0.573 e. The van der Waals surface area contributed by atoms with Gasteiger partial charge in [-0.05, 0) is 53.8 Å². The smallest absolute Gasteiger partial charge is 0.406 e. The van der Waals surface area contributed by atoms with Crippen LogP contribution in [-0.4, -0.2) is 12.7 Å². The van der Waals surface area contributed by atoms with Crippen molar-refractivity contribution in [2.75, 3.05) is 5.32 Å². The number of anilines is 1. The van der Waals surface area contributed by atoms with Crippen LogP contribution in [-0.2, 0) is 0 Å². The topological polar surface area (TPSA) is 30.5 Å². The quantitative estimate of drug-likeness (QED) is 0.471. The van der Waals surface area contributed by atoms with Gasteiger partial charge >= 0.3 is 12.7 Å². The lowest BCUT2D eigenvalue weighted by Crippen LogP contribution is -2.29. The second-order valence-corrected chi connectivity index (χ2v) is 6.89. The van der Waals surface area contributed by atoms with Crippen LogP contribution in [0.15, 0.2) is 54.6 Å². The van der Waals surface area contributed by atoms with Crippen LogP contribution in [0, 0.1) is 5.92 Å². The van der Waals surface area contributed by atoms with E-state index in [0.29, 0.717) is 17.7 Å². The van der Waals surface area contributed by atoms with Gasteiger partial charge in [-0.15, -0.1) is 26.3 Å². The molecule has 2 aliphatic rings. The van der Waals surface area contributed by atoms with Crippen molar-refractivity contribution in [3.8, 4) is 11.5 Å². The molecule has 1 aliphatic heterocycles. The van der Waals surface area contributed by atoms with E-state index in [1.165, 1.54) is 30.3 Å². The van der Waals surface area contributed by atoms with Gasteiger partial charge < -0.3 is 14.8 Å². The molecule has 0 spiro atoms. The first-order chi connectivity index (χ1) is 13.6. The molecular formula is C20H15F6NO2. The number of hydrogen-bond acceptors (Lipinski definition) is 3. The van der Waals surface area contributed by atoms with Gasteiger partial charge in [0.05, 0.1) is 6.04 Å². The number of alkyl halides is 6. The number of ether oxygens (including phenoxy) is 2. The molecule has 0 fully saturated rings. The lowest BCUT2D eigenvalue weighted by molar-refractivity contribution is -0.275. The zero-order valence-electron chi connectivity index (χ0n) is 14.7. The van der Waals surface area contributed by atoms with Gasteiger partial charge in [0.2, 0.25) is 0 Å². The number of benzene rings is 2. The molecule has 2 aromatic rings. The van der Waals surface area contributed by atoms with Crippen molar-refractivity contribution >= 4 is 5.69 Å². The van der Waals surface area contributed by atoms with Gasteiger partial charge in [-0.25, -0.2) is 0 Å². The molecule has 1 N–H and O–H groups in total. The summed E-state index contributed by atoms with van der Waals surface area (Å²) in [5.74, 6) is -0.714. The van der Waals surface area contributed by atoms with Crippen molar-refractivity contribution in [3.63, 3.8) is 0 Å². The third-order valence-corrected chi connectivity index (χ3v) is 5.04. The SMILES string of the molecule is FC(F)(F)Oc1ccc(C2Nc3ccc(OC(F)(F)F)cc3C3C=CCC32)cc1. The van der Waals surface area contributed by atoms with Gasteiger partial charge in [-0.3, -0.25) is 0 Å². The fourth-order valence-corrected chi connectivity index (χ4v) is 3.98. The van der Waals surface area contributed by atoms with Crippen LogP contribution >= 0.6 is 0 Å². The van der Waals surface area contributed by atoms with Crippen LogP contribution in [0.4, 0.5) is 32.0 Å². The zero-order chi connectivity index (χ0) is 20.8. The second kappa shape index (κ2) is 6.89. The number of halogens is 6. The molecule has 0 saturated heterocycles. The van der Waals surface area contributed by atoms with Gasteiger partial charge in [0.1, 0.15) is 11.5 Å². The molecule has 3 nitrogen and oxygen atoms in total. The van der Waals surface area contributed by atoms with Crippen molar-refractivity contribution < 1.29 is 35.8 Å². The zero-order valence-corrected chi connectivity index (χ0v) is 14.7. The summed E-state index contributed by atoms with van der Waals surface area (Å²) in [6.07, 6.45) is -4.95. The molecule has 1 heterocycles. The van der Waals surface area contributed by atoms with Crippen LogP contribution in [0.2, 0.25) is 0 Å². The van der Waals surface area contributed by atoms with E-state index >= 15 is 0 Å². The minimum absolute atomic E-state index is 0.0121. The lowest BCUT2D eigenvalue weighted by atomic mass is 9.77. The summed E-state index contributed by atoms with van der Waals surface area (Å²) in [4.78, 5) is 0. The van der Waals surface area contributed by atoms with Gasteiger partial charge in [0.15, 0.2) is 0 Å². The van der Waals surface area contributed by atoms with Crippen molar-refractivity contribution in [3.05, 3.63) is 65.7 Å². The minimum atomic E-state index is -4.77. The number of hydrogen-bond donors (Lipinski definition) is 1. The second-order valence-electron chi connectivity index (χ2n) is 6.89. The first kappa shape index (κ1) is 19.5. The number of allylic oxidation sites excluding steroid dienone is 2. The molecule has 4 rings (SSSR count). The average Bonchev–Trinajstić information content (AvgIpc) is 3.09. The molecule has 0 aromatic heterocycles. The van der Waals surface area contributed by atoms with E-state index in [1.807, 2.05) is 12.2 Å². The van der Waals surface area contributed by atoms with E-state index in [9.17, 15) is 26.3 Å². The van der Waals surface area contributed by atoms with E-state index in [1.54, 1.807) is 12.1 Å².